The Morgan fingerprint density at radius 3 is 2.75 bits per heavy atom. The first-order valence-corrected chi connectivity index (χ1v) is 7.48. The summed E-state index contributed by atoms with van der Waals surface area (Å²) in [7, 11) is 0. The number of H-pyrrole nitrogens is 1. The molecule has 3 rings (SSSR count). The molecule has 3 aromatic heterocycles. The van der Waals surface area contributed by atoms with Crippen LogP contribution in [0.4, 0.5) is 0 Å². The smallest absolute Gasteiger partial charge is 0.260 e. The van der Waals surface area contributed by atoms with E-state index in [2.05, 4.69) is 20.3 Å². The molecule has 0 unspecified atom stereocenters. The standard InChI is InChI=1S/C17H17N5O2/c1-11-3-4-14(17(24)21-11)16(23)20-10-13-5-6-19-15(9-13)22-8-7-18-12(22)2/h3-9H,10H2,1-2H3,(H,20,23)(H,21,24). The monoisotopic (exact) mass is 323 g/mol. The molecule has 0 aliphatic heterocycles. The van der Waals surface area contributed by atoms with Crippen LogP contribution in [0, 0.1) is 13.8 Å². The number of imidazole rings is 1. The van der Waals surface area contributed by atoms with E-state index in [1.807, 2.05) is 29.8 Å². The lowest BCUT2D eigenvalue weighted by Gasteiger charge is -2.08. The summed E-state index contributed by atoms with van der Waals surface area (Å²) in [6, 6.07) is 6.91. The topological polar surface area (TPSA) is 92.7 Å². The van der Waals surface area contributed by atoms with Gasteiger partial charge in [-0.3, -0.25) is 14.2 Å². The maximum Gasteiger partial charge on any atom is 0.260 e. The fraction of sp³-hybridized carbons (Fsp3) is 0.176. The maximum absolute atomic E-state index is 12.2. The van der Waals surface area contributed by atoms with E-state index in [0.29, 0.717) is 12.2 Å². The largest absolute Gasteiger partial charge is 0.348 e. The van der Waals surface area contributed by atoms with Gasteiger partial charge in [0.15, 0.2) is 0 Å². The van der Waals surface area contributed by atoms with Crippen molar-refractivity contribution in [2.45, 2.75) is 20.4 Å². The van der Waals surface area contributed by atoms with E-state index < -0.39 is 11.5 Å². The van der Waals surface area contributed by atoms with Gasteiger partial charge in [0.05, 0.1) is 0 Å². The molecule has 24 heavy (non-hydrogen) atoms. The van der Waals surface area contributed by atoms with Gasteiger partial charge in [-0.25, -0.2) is 9.97 Å². The van der Waals surface area contributed by atoms with Crippen molar-refractivity contribution in [3.63, 3.8) is 0 Å². The number of hydrogen-bond donors (Lipinski definition) is 2. The van der Waals surface area contributed by atoms with Gasteiger partial charge in [0.25, 0.3) is 11.5 Å². The van der Waals surface area contributed by atoms with Gasteiger partial charge in [-0.05, 0) is 43.7 Å². The van der Waals surface area contributed by atoms with Crippen molar-refractivity contribution in [2.24, 2.45) is 0 Å². The summed E-state index contributed by atoms with van der Waals surface area (Å²) in [4.78, 5) is 35.0. The van der Waals surface area contributed by atoms with Gasteiger partial charge in [0.2, 0.25) is 0 Å². The number of nitrogens with zero attached hydrogens (tertiary/aromatic N) is 3. The van der Waals surface area contributed by atoms with Crippen LogP contribution < -0.4 is 10.9 Å². The van der Waals surface area contributed by atoms with Gasteiger partial charge in [0, 0.05) is 30.8 Å². The van der Waals surface area contributed by atoms with Crippen LogP contribution in [0.5, 0.6) is 0 Å². The van der Waals surface area contributed by atoms with E-state index in [1.165, 1.54) is 6.07 Å². The second-order valence-electron chi connectivity index (χ2n) is 5.43. The van der Waals surface area contributed by atoms with Crippen LogP contribution in [0.3, 0.4) is 0 Å². The minimum atomic E-state index is -0.409. The van der Waals surface area contributed by atoms with E-state index in [9.17, 15) is 9.59 Å². The number of aromatic nitrogens is 4. The van der Waals surface area contributed by atoms with Crippen LogP contribution in [0.1, 0.15) is 27.4 Å². The Bertz CT molecular complexity index is 942. The number of aromatic amines is 1. The zero-order valence-corrected chi connectivity index (χ0v) is 13.4. The van der Waals surface area contributed by atoms with Crippen molar-refractivity contribution in [3.8, 4) is 5.82 Å². The molecule has 0 bridgehead atoms. The number of aryl methyl sites for hydroxylation is 2. The summed E-state index contributed by atoms with van der Waals surface area (Å²) in [6.07, 6.45) is 5.20. The van der Waals surface area contributed by atoms with Gasteiger partial charge in [-0.15, -0.1) is 0 Å². The molecule has 0 saturated carbocycles. The molecule has 0 spiro atoms. The van der Waals surface area contributed by atoms with Crippen LogP contribution >= 0.6 is 0 Å². The highest BCUT2D eigenvalue weighted by Crippen LogP contribution is 2.09. The Hall–Kier alpha value is -3.22. The number of rotatable bonds is 4. The zero-order chi connectivity index (χ0) is 17.1. The van der Waals surface area contributed by atoms with E-state index in [1.54, 1.807) is 25.4 Å². The molecule has 3 aromatic rings. The lowest BCUT2D eigenvalue weighted by molar-refractivity contribution is 0.0949. The van der Waals surface area contributed by atoms with Crippen molar-refractivity contribution in [3.05, 3.63) is 75.9 Å². The second kappa shape index (κ2) is 6.49. The molecule has 0 aromatic carbocycles. The molecular formula is C17H17N5O2. The number of carbonyl (C=O) groups is 1. The minimum Gasteiger partial charge on any atom is -0.348 e. The van der Waals surface area contributed by atoms with Gasteiger partial charge in [0.1, 0.15) is 17.2 Å². The van der Waals surface area contributed by atoms with Crippen molar-refractivity contribution in [2.75, 3.05) is 0 Å². The number of carbonyl (C=O) groups excluding carboxylic acids is 1. The predicted molar refractivity (Wildman–Crippen MR) is 89.1 cm³/mol. The lowest BCUT2D eigenvalue weighted by Crippen LogP contribution is -2.29. The van der Waals surface area contributed by atoms with Crippen LogP contribution in [-0.2, 0) is 6.54 Å². The molecule has 0 saturated heterocycles. The van der Waals surface area contributed by atoms with Crippen molar-refractivity contribution < 1.29 is 4.79 Å². The Morgan fingerprint density at radius 2 is 2.04 bits per heavy atom. The average Bonchev–Trinajstić information content (AvgIpc) is 2.99. The normalized spacial score (nSPS) is 10.6. The molecule has 0 radical (unpaired) electrons. The van der Waals surface area contributed by atoms with Crippen molar-refractivity contribution in [1.29, 1.82) is 0 Å². The summed E-state index contributed by atoms with van der Waals surface area (Å²) >= 11 is 0. The zero-order valence-electron chi connectivity index (χ0n) is 13.4. The fourth-order valence-corrected chi connectivity index (χ4v) is 2.35. The third kappa shape index (κ3) is 3.24. The van der Waals surface area contributed by atoms with Crippen LogP contribution in [0.15, 0.2) is 47.7 Å². The van der Waals surface area contributed by atoms with Gasteiger partial charge >= 0.3 is 0 Å². The van der Waals surface area contributed by atoms with Gasteiger partial charge in [-0.1, -0.05) is 0 Å². The molecule has 2 N–H and O–H groups in total. The Balaban J connectivity index is 1.74. The third-order valence-corrected chi connectivity index (χ3v) is 3.64. The number of amides is 1. The number of nitrogens with one attached hydrogen (secondary N) is 2. The molecule has 7 heteroatoms. The van der Waals surface area contributed by atoms with E-state index in [0.717, 1.165) is 17.2 Å². The average molecular weight is 323 g/mol. The summed E-state index contributed by atoms with van der Waals surface area (Å²) in [5.41, 5.74) is 1.30. The van der Waals surface area contributed by atoms with Crippen molar-refractivity contribution in [1.82, 2.24) is 24.8 Å². The van der Waals surface area contributed by atoms with Gasteiger partial charge in [-0.2, -0.15) is 0 Å². The minimum absolute atomic E-state index is 0.0975. The number of pyridine rings is 2. The van der Waals surface area contributed by atoms with Crippen LogP contribution in [-0.4, -0.2) is 25.4 Å². The summed E-state index contributed by atoms with van der Waals surface area (Å²) in [5.74, 6) is 1.15. The van der Waals surface area contributed by atoms with Crippen molar-refractivity contribution >= 4 is 5.91 Å². The van der Waals surface area contributed by atoms with Crippen LogP contribution in [0.25, 0.3) is 5.82 Å². The molecular weight excluding hydrogens is 306 g/mol. The maximum atomic E-state index is 12.2. The first kappa shape index (κ1) is 15.7. The molecule has 7 nitrogen and oxygen atoms in total. The van der Waals surface area contributed by atoms with E-state index in [4.69, 9.17) is 0 Å². The molecule has 0 aliphatic carbocycles. The summed E-state index contributed by atoms with van der Waals surface area (Å²) in [5, 5.41) is 2.75. The van der Waals surface area contributed by atoms with E-state index >= 15 is 0 Å². The molecule has 0 fully saturated rings. The Labute approximate surface area is 138 Å². The predicted octanol–water partition coefficient (Wildman–Crippen LogP) is 1.50. The Morgan fingerprint density at radius 1 is 1.21 bits per heavy atom. The molecule has 122 valence electrons. The fourth-order valence-electron chi connectivity index (χ4n) is 2.35. The number of hydrogen-bond acceptors (Lipinski definition) is 4. The van der Waals surface area contributed by atoms with Gasteiger partial charge < -0.3 is 10.3 Å². The first-order chi connectivity index (χ1) is 11.5. The molecule has 1 amide bonds. The SMILES string of the molecule is Cc1ccc(C(=O)NCc2ccnc(-n3ccnc3C)c2)c(=O)[nH]1. The summed E-state index contributed by atoms with van der Waals surface area (Å²) in [6.45, 7) is 3.95. The molecule has 0 atom stereocenters. The van der Waals surface area contributed by atoms with Crippen LogP contribution in [0.2, 0.25) is 0 Å². The Kier molecular flexibility index (Phi) is 4.24. The quantitative estimate of drug-likeness (QED) is 0.761. The highest BCUT2D eigenvalue weighted by atomic mass is 16.2. The highest BCUT2D eigenvalue weighted by Gasteiger charge is 2.10. The molecule has 0 aliphatic rings. The third-order valence-electron chi connectivity index (χ3n) is 3.64. The highest BCUT2D eigenvalue weighted by molar-refractivity contribution is 5.93. The summed E-state index contributed by atoms with van der Waals surface area (Å²) < 4.78 is 1.86. The molecule has 3 heterocycles. The first-order valence-electron chi connectivity index (χ1n) is 7.48. The lowest BCUT2D eigenvalue weighted by atomic mass is 10.2. The second-order valence-corrected chi connectivity index (χ2v) is 5.43. The van der Waals surface area contributed by atoms with E-state index in [-0.39, 0.29) is 5.56 Å².